The van der Waals surface area contributed by atoms with E-state index in [1.807, 2.05) is 0 Å². The summed E-state index contributed by atoms with van der Waals surface area (Å²) in [6, 6.07) is 9.16. The number of aromatic nitrogens is 1. The maximum absolute atomic E-state index is 13.8. The van der Waals surface area contributed by atoms with Gasteiger partial charge in [-0.3, -0.25) is 9.52 Å². The van der Waals surface area contributed by atoms with E-state index >= 15 is 0 Å². The zero-order chi connectivity index (χ0) is 19.6. The van der Waals surface area contributed by atoms with E-state index in [-0.39, 0.29) is 22.0 Å². The molecule has 1 heterocycles. The SMILES string of the molecule is Cc1oncc1C(=O)Nc1ccc(Cl)c(NS(=O)(=O)c2ccccc2F)c1. The van der Waals surface area contributed by atoms with Gasteiger partial charge in [0.2, 0.25) is 0 Å². The van der Waals surface area contributed by atoms with Crippen LogP contribution in [0.15, 0.2) is 58.1 Å². The number of hydrogen-bond donors (Lipinski definition) is 2. The summed E-state index contributed by atoms with van der Waals surface area (Å²) in [4.78, 5) is 11.7. The van der Waals surface area contributed by atoms with Crippen molar-refractivity contribution in [3.8, 4) is 0 Å². The summed E-state index contributed by atoms with van der Waals surface area (Å²) in [7, 11) is -4.21. The van der Waals surface area contributed by atoms with Crippen molar-refractivity contribution in [2.45, 2.75) is 11.8 Å². The van der Waals surface area contributed by atoms with Gasteiger partial charge in [0.15, 0.2) is 0 Å². The second-order valence-corrected chi connectivity index (χ2v) is 7.54. The molecule has 1 amide bonds. The summed E-state index contributed by atoms with van der Waals surface area (Å²) in [5.74, 6) is -1.05. The molecule has 0 unspecified atom stereocenters. The van der Waals surface area contributed by atoms with Gasteiger partial charge in [-0.25, -0.2) is 12.8 Å². The fourth-order valence-electron chi connectivity index (χ4n) is 2.26. The van der Waals surface area contributed by atoms with Crippen molar-refractivity contribution in [1.82, 2.24) is 5.16 Å². The van der Waals surface area contributed by atoms with E-state index in [2.05, 4.69) is 15.2 Å². The van der Waals surface area contributed by atoms with Crippen molar-refractivity contribution in [3.05, 3.63) is 70.8 Å². The van der Waals surface area contributed by atoms with Gasteiger partial charge in [0.25, 0.3) is 15.9 Å². The summed E-state index contributed by atoms with van der Waals surface area (Å²) < 4.78 is 45.7. The molecule has 0 spiro atoms. The van der Waals surface area contributed by atoms with Crippen LogP contribution < -0.4 is 10.0 Å². The third-order valence-electron chi connectivity index (χ3n) is 3.59. The molecule has 0 aliphatic rings. The van der Waals surface area contributed by atoms with Crippen molar-refractivity contribution < 1.29 is 22.1 Å². The number of nitrogens with zero attached hydrogens (tertiary/aromatic N) is 1. The lowest BCUT2D eigenvalue weighted by Crippen LogP contribution is -2.16. The van der Waals surface area contributed by atoms with Crippen LogP contribution in [0.25, 0.3) is 0 Å². The number of hydrogen-bond acceptors (Lipinski definition) is 5. The first-order chi connectivity index (χ1) is 12.8. The summed E-state index contributed by atoms with van der Waals surface area (Å²) in [5.41, 5.74) is 0.495. The van der Waals surface area contributed by atoms with E-state index in [1.54, 1.807) is 6.92 Å². The van der Waals surface area contributed by atoms with Crippen LogP contribution >= 0.6 is 11.6 Å². The first-order valence-electron chi connectivity index (χ1n) is 7.57. The number of halogens is 2. The number of benzene rings is 2. The molecule has 0 aliphatic heterocycles. The minimum absolute atomic E-state index is 0.0141. The van der Waals surface area contributed by atoms with Crippen LogP contribution in [0, 0.1) is 12.7 Å². The van der Waals surface area contributed by atoms with Crippen LogP contribution in [-0.2, 0) is 10.0 Å². The summed E-state index contributed by atoms with van der Waals surface area (Å²) in [6.07, 6.45) is 1.27. The van der Waals surface area contributed by atoms with Crippen LogP contribution in [0.4, 0.5) is 15.8 Å². The van der Waals surface area contributed by atoms with Gasteiger partial charge in [-0.15, -0.1) is 0 Å². The molecule has 0 aliphatic carbocycles. The predicted octanol–water partition coefficient (Wildman–Crippen LogP) is 3.83. The average molecular weight is 410 g/mol. The minimum Gasteiger partial charge on any atom is -0.361 e. The first-order valence-corrected chi connectivity index (χ1v) is 9.43. The Bertz CT molecular complexity index is 1110. The molecule has 3 rings (SSSR count). The number of amides is 1. The molecular formula is C17H13ClFN3O4S. The number of sulfonamides is 1. The second-order valence-electron chi connectivity index (χ2n) is 5.48. The van der Waals surface area contributed by atoms with Gasteiger partial charge in [-0.1, -0.05) is 28.9 Å². The van der Waals surface area contributed by atoms with Gasteiger partial charge in [0, 0.05) is 5.69 Å². The maximum Gasteiger partial charge on any atom is 0.264 e. The maximum atomic E-state index is 13.8. The quantitative estimate of drug-likeness (QED) is 0.666. The fourth-order valence-corrected chi connectivity index (χ4v) is 3.63. The van der Waals surface area contributed by atoms with Gasteiger partial charge in [-0.05, 0) is 37.3 Å². The van der Waals surface area contributed by atoms with E-state index in [9.17, 15) is 17.6 Å². The highest BCUT2D eigenvalue weighted by molar-refractivity contribution is 7.92. The van der Waals surface area contributed by atoms with E-state index < -0.39 is 26.6 Å². The number of aryl methyl sites for hydroxylation is 1. The highest BCUT2D eigenvalue weighted by Crippen LogP contribution is 2.28. The van der Waals surface area contributed by atoms with Crippen LogP contribution in [0.2, 0.25) is 5.02 Å². The van der Waals surface area contributed by atoms with Crippen molar-refractivity contribution >= 4 is 38.9 Å². The Morgan fingerprint density at radius 3 is 2.63 bits per heavy atom. The normalized spacial score (nSPS) is 11.2. The number of anilines is 2. The van der Waals surface area contributed by atoms with Crippen LogP contribution in [-0.4, -0.2) is 19.5 Å². The highest BCUT2D eigenvalue weighted by Gasteiger charge is 2.20. The fraction of sp³-hybridized carbons (Fsp3) is 0.0588. The molecule has 0 atom stereocenters. The van der Waals surface area contributed by atoms with Crippen LogP contribution in [0.5, 0.6) is 0 Å². The molecule has 2 N–H and O–H groups in total. The molecule has 0 radical (unpaired) electrons. The first kappa shape index (κ1) is 18.9. The predicted molar refractivity (Wildman–Crippen MR) is 97.9 cm³/mol. The Morgan fingerprint density at radius 2 is 1.96 bits per heavy atom. The van der Waals surface area contributed by atoms with E-state index in [0.29, 0.717) is 5.76 Å². The van der Waals surface area contributed by atoms with Crippen LogP contribution in [0.3, 0.4) is 0 Å². The Hall–Kier alpha value is -2.91. The Morgan fingerprint density at radius 1 is 1.22 bits per heavy atom. The van der Waals surface area contributed by atoms with Crippen molar-refractivity contribution in [3.63, 3.8) is 0 Å². The molecule has 10 heteroatoms. The average Bonchev–Trinajstić information content (AvgIpc) is 3.04. The molecule has 0 fully saturated rings. The van der Waals surface area contributed by atoms with Crippen molar-refractivity contribution in [1.29, 1.82) is 0 Å². The third kappa shape index (κ3) is 4.09. The molecule has 1 aromatic heterocycles. The lowest BCUT2D eigenvalue weighted by atomic mass is 10.2. The zero-order valence-electron chi connectivity index (χ0n) is 13.9. The van der Waals surface area contributed by atoms with Gasteiger partial charge in [-0.2, -0.15) is 0 Å². The molecule has 7 nitrogen and oxygen atoms in total. The Kier molecular flexibility index (Phi) is 5.15. The van der Waals surface area contributed by atoms with Crippen molar-refractivity contribution in [2.24, 2.45) is 0 Å². The Labute approximate surface area is 159 Å². The van der Waals surface area contributed by atoms with E-state index in [0.717, 1.165) is 12.1 Å². The van der Waals surface area contributed by atoms with Gasteiger partial charge >= 0.3 is 0 Å². The number of nitrogens with one attached hydrogen (secondary N) is 2. The minimum atomic E-state index is -4.21. The largest absolute Gasteiger partial charge is 0.361 e. The number of carbonyl (C=O) groups is 1. The molecule has 0 bridgehead atoms. The summed E-state index contributed by atoms with van der Waals surface area (Å²) in [6.45, 7) is 1.58. The molecule has 0 saturated heterocycles. The Balaban J connectivity index is 1.87. The number of rotatable bonds is 5. The summed E-state index contributed by atoms with van der Waals surface area (Å²) >= 11 is 6.03. The molecule has 140 valence electrons. The van der Waals surface area contributed by atoms with E-state index in [4.69, 9.17) is 16.1 Å². The van der Waals surface area contributed by atoms with Gasteiger partial charge in [0.1, 0.15) is 22.0 Å². The standard InChI is InChI=1S/C17H13ClFN3O4S/c1-10-12(9-20-26-10)17(23)21-11-6-7-13(18)15(8-11)22-27(24,25)16-5-3-2-4-14(16)19/h2-9,22H,1H3,(H,21,23). The molecule has 3 aromatic rings. The van der Waals surface area contributed by atoms with Gasteiger partial charge < -0.3 is 9.84 Å². The molecule has 0 saturated carbocycles. The number of carbonyl (C=O) groups excluding carboxylic acids is 1. The molecular weight excluding hydrogens is 397 g/mol. The zero-order valence-corrected chi connectivity index (χ0v) is 15.4. The third-order valence-corrected chi connectivity index (χ3v) is 5.32. The van der Waals surface area contributed by atoms with Gasteiger partial charge in [0.05, 0.1) is 16.9 Å². The lowest BCUT2D eigenvalue weighted by molar-refractivity contribution is 0.102. The summed E-state index contributed by atoms with van der Waals surface area (Å²) in [5, 5.41) is 6.18. The lowest BCUT2D eigenvalue weighted by Gasteiger charge is -2.12. The monoisotopic (exact) mass is 409 g/mol. The molecule has 2 aromatic carbocycles. The molecule has 27 heavy (non-hydrogen) atoms. The second kappa shape index (κ2) is 7.37. The highest BCUT2D eigenvalue weighted by atomic mass is 35.5. The topological polar surface area (TPSA) is 101 Å². The van der Waals surface area contributed by atoms with E-state index in [1.165, 1.54) is 36.5 Å². The smallest absolute Gasteiger partial charge is 0.264 e. The van der Waals surface area contributed by atoms with Crippen LogP contribution in [0.1, 0.15) is 16.1 Å². The van der Waals surface area contributed by atoms with Crippen molar-refractivity contribution in [2.75, 3.05) is 10.0 Å².